The number of halogens is 2. The molecule has 0 atom stereocenters. The van der Waals surface area contributed by atoms with Crippen molar-refractivity contribution in [3.05, 3.63) is 29.8 Å². The van der Waals surface area contributed by atoms with Gasteiger partial charge in [0.1, 0.15) is 0 Å². The fourth-order valence-corrected chi connectivity index (χ4v) is 2.04. The van der Waals surface area contributed by atoms with Gasteiger partial charge in [-0.15, -0.1) is 0 Å². The third kappa shape index (κ3) is 2.33. The average molecular weight is 256 g/mol. The Bertz CT molecular complexity index is 519. The maximum Gasteiger partial charge on any atom is 0.258 e. The lowest BCUT2D eigenvalue weighted by Gasteiger charge is -2.15. The summed E-state index contributed by atoms with van der Waals surface area (Å²) in [6, 6.07) is 3.01. The van der Waals surface area contributed by atoms with Crippen LogP contribution in [0.3, 0.4) is 0 Å². The highest BCUT2D eigenvalue weighted by Gasteiger charge is 2.22. The Balaban J connectivity index is 2.35. The lowest BCUT2D eigenvalue weighted by Crippen LogP contribution is -2.25. The first kappa shape index (κ1) is 11.7. The van der Waals surface area contributed by atoms with Gasteiger partial charge in [-0.2, -0.15) is 4.99 Å². The number of amides is 2. The highest BCUT2D eigenvalue weighted by molar-refractivity contribution is 8.15. The number of anilines is 1. The third-order valence-electron chi connectivity index (χ3n) is 2.04. The van der Waals surface area contributed by atoms with Gasteiger partial charge >= 0.3 is 0 Å². The first-order valence-corrected chi connectivity index (χ1v) is 5.54. The fraction of sp³-hybridized carbons (Fsp3) is 0.100. The molecule has 7 heteroatoms. The van der Waals surface area contributed by atoms with Crippen LogP contribution in [0.4, 0.5) is 14.5 Å². The van der Waals surface area contributed by atoms with Gasteiger partial charge in [-0.3, -0.25) is 14.5 Å². The number of benzene rings is 1. The Hall–Kier alpha value is -1.76. The van der Waals surface area contributed by atoms with Crippen LogP contribution < -0.4 is 4.90 Å². The molecule has 1 aliphatic rings. The maximum atomic E-state index is 13.0. The summed E-state index contributed by atoms with van der Waals surface area (Å²) >= 11 is 1.07. The molecule has 1 aliphatic heterocycles. The minimum atomic E-state index is -1.07. The van der Waals surface area contributed by atoms with Crippen molar-refractivity contribution in [1.29, 1.82) is 0 Å². The van der Waals surface area contributed by atoms with Gasteiger partial charge < -0.3 is 0 Å². The molecule has 0 saturated carbocycles. The molecular weight excluding hydrogens is 250 g/mol. The van der Waals surface area contributed by atoms with E-state index in [0.29, 0.717) is 6.41 Å². The molecule has 1 heterocycles. The minimum absolute atomic E-state index is 0.125. The van der Waals surface area contributed by atoms with Crippen LogP contribution in [0, 0.1) is 11.6 Å². The van der Waals surface area contributed by atoms with Gasteiger partial charge in [-0.05, 0) is 12.1 Å². The van der Waals surface area contributed by atoms with E-state index in [4.69, 9.17) is 0 Å². The quantitative estimate of drug-likeness (QED) is 0.754. The largest absolute Gasteiger partial charge is 0.278 e. The summed E-state index contributed by atoms with van der Waals surface area (Å²) in [6.45, 7) is 0. The van der Waals surface area contributed by atoms with E-state index >= 15 is 0 Å². The highest BCUT2D eigenvalue weighted by atomic mass is 32.2. The van der Waals surface area contributed by atoms with E-state index in [1.165, 1.54) is 6.07 Å². The summed E-state index contributed by atoms with van der Waals surface area (Å²) in [6.07, 6.45) is 0.400. The predicted molar refractivity (Wildman–Crippen MR) is 59.8 cm³/mol. The summed E-state index contributed by atoms with van der Waals surface area (Å²) < 4.78 is 25.7. The number of hydrogen-bond acceptors (Lipinski definition) is 3. The first-order valence-electron chi connectivity index (χ1n) is 4.55. The van der Waals surface area contributed by atoms with Gasteiger partial charge in [0.2, 0.25) is 6.41 Å². The van der Waals surface area contributed by atoms with Crippen molar-refractivity contribution in [3.8, 4) is 0 Å². The second-order valence-electron chi connectivity index (χ2n) is 3.15. The van der Waals surface area contributed by atoms with E-state index in [0.717, 1.165) is 28.8 Å². The summed E-state index contributed by atoms with van der Waals surface area (Å²) in [5, 5.41) is 0.163. The Morgan fingerprint density at radius 2 is 2.12 bits per heavy atom. The minimum Gasteiger partial charge on any atom is -0.278 e. The van der Waals surface area contributed by atoms with Crippen molar-refractivity contribution in [2.75, 3.05) is 10.7 Å². The lowest BCUT2D eigenvalue weighted by atomic mass is 10.3. The molecule has 1 aromatic rings. The van der Waals surface area contributed by atoms with Crippen LogP contribution in [0.1, 0.15) is 0 Å². The molecule has 88 valence electrons. The van der Waals surface area contributed by atoms with E-state index in [1.54, 1.807) is 0 Å². The molecule has 0 aromatic heterocycles. The first-order chi connectivity index (χ1) is 8.11. The Morgan fingerprint density at radius 3 is 2.65 bits per heavy atom. The van der Waals surface area contributed by atoms with Crippen LogP contribution in [0.25, 0.3) is 0 Å². The molecule has 2 rings (SSSR count). The monoisotopic (exact) mass is 256 g/mol. The molecule has 0 spiro atoms. The van der Waals surface area contributed by atoms with Crippen molar-refractivity contribution < 1.29 is 18.4 Å². The molecule has 0 saturated heterocycles. The summed E-state index contributed by atoms with van der Waals surface area (Å²) in [4.78, 5) is 26.4. The predicted octanol–water partition coefficient (Wildman–Crippen LogP) is 1.56. The smallest absolute Gasteiger partial charge is 0.258 e. The zero-order valence-corrected chi connectivity index (χ0v) is 9.21. The van der Waals surface area contributed by atoms with Gasteiger partial charge in [0.25, 0.3) is 5.91 Å². The molecule has 0 bridgehead atoms. The van der Waals surface area contributed by atoms with E-state index in [1.807, 2.05) is 0 Å². The van der Waals surface area contributed by atoms with Gasteiger partial charge in [0, 0.05) is 6.07 Å². The van der Waals surface area contributed by atoms with Crippen LogP contribution in [0.15, 0.2) is 23.2 Å². The van der Waals surface area contributed by atoms with Crippen LogP contribution >= 0.6 is 11.8 Å². The zero-order chi connectivity index (χ0) is 12.4. The molecule has 2 amide bonds. The Morgan fingerprint density at radius 1 is 1.35 bits per heavy atom. The normalized spacial score (nSPS) is 14.7. The van der Waals surface area contributed by atoms with Crippen LogP contribution in [0.2, 0.25) is 0 Å². The van der Waals surface area contributed by atoms with Gasteiger partial charge in [0.15, 0.2) is 16.8 Å². The molecule has 0 N–H and O–H groups in total. The van der Waals surface area contributed by atoms with E-state index in [-0.39, 0.29) is 22.5 Å². The van der Waals surface area contributed by atoms with Gasteiger partial charge in [-0.25, -0.2) is 8.78 Å². The lowest BCUT2D eigenvalue weighted by molar-refractivity contribution is -0.115. The number of carbonyl (C=O) groups excluding carboxylic acids is 2. The maximum absolute atomic E-state index is 13.0. The Kier molecular flexibility index (Phi) is 3.19. The number of carbonyl (C=O) groups is 2. The number of hydrogen-bond donors (Lipinski definition) is 0. The molecular formula is C10H6F2N2O2S. The van der Waals surface area contributed by atoms with Crippen molar-refractivity contribution in [3.63, 3.8) is 0 Å². The fourth-order valence-electron chi connectivity index (χ4n) is 1.27. The number of thioether (sulfide) groups is 1. The topological polar surface area (TPSA) is 49.7 Å². The summed E-state index contributed by atoms with van der Waals surface area (Å²) in [7, 11) is 0. The number of aliphatic imine (C=N–C) groups is 1. The van der Waals surface area contributed by atoms with Crippen LogP contribution in [0.5, 0.6) is 0 Å². The molecule has 17 heavy (non-hydrogen) atoms. The summed E-state index contributed by atoms with van der Waals surface area (Å²) in [5.74, 6) is -2.29. The molecule has 0 aliphatic carbocycles. The molecule has 0 radical (unpaired) electrons. The highest BCUT2D eigenvalue weighted by Crippen LogP contribution is 2.23. The van der Waals surface area contributed by atoms with Crippen LogP contribution in [-0.4, -0.2) is 23.2 Å². The average Bonchev–Trinajstić information content (AvgIpc) is 2.71. The van der Waals surface area contributed by atoms with E-state index < -0.39 is 11.6 Å². The van der Waals surface area contributed by atoms with Crippen molar-refractivity contribution in [2.24, 2.45) is 4.99 Å². The number of rotatable bonds is 2. The summed E-state index contributed by atoms with van der Waals surface area (Å²) in [5.41, 5.74) is 0.125. The molecule has 0 unspecified atom stereocenters. The molecule has 0 fully saturated rings. The third-order valence-corrected chi connectivity index (χ3v) is 2.98. The molecule has 4 nitrogen and oxygen atoms in total. The second-order valence-corrected chi connectivity index (χ2v) is 4.09. The van der Waals surface area contributed by atoms with Gasteiger partial charge in [-0.1, -0.05) is 11.8 Å². The number of amidine groups is 1. The zero-order valence-electron chi connectivity index (χ0n) is 8.39. The SMILES string of the molecule is O=CN(C1=NC(=O)CS1)c1ccc(F)c(F)c1. The van der Waals surface area contributed by atoms with Crippen LogP contribution in [-0.2, 0) is 9.59 Å². The Labute approximate surface area is 99.3 Å². The van der Waals surface area contributed by atoms with E-state index in [2.05, 4.69) is 4.99 Å². The van der Waals surface area contributed by atoms with E-state index in [9.17, 15) is 18.4 Å². The van der Waals surface area contributed by atoms with Crippen molar-refractivity contribution in [1.82, 2.24) is 0 Å². The standard InChI is InChI=1S/C10H6F2N2O2S/c11-7-2-1-6(3-8(7)12)14(5-15)10-13-9(16)4-17-10/h1-3,5H,4H2. The van der Waals surface area contributed by atoms with Gasteiger partial charge in [0.05, 0.1) is 11.4 Å². The van der Waals surface area contributed by atoms with Crippen molar-refractivity contribution in [2.45, 2.75) is 0 Å². The number of nitrogens with zero attached hydrogens (tertiary/aromatic N) is 2. The van der Waals surface area contributed by atoms with Crippen molar-refractivity contribution >= 4 is 34.9 Å². The second kappa shape index (κ2) is 4.62. The molecule has 1 aromatic carbocycles.